The predicted molar refractivity (Wildman–Crippen MR) is 122 cm³/mol. The fourth-order valence-corrected chi connectivity index (χ4v) is 4.77. The smallest absolute Gasteiger partial charge is 0.232 e. The van der Waals surface area contributed by atoms with Gasteiger partial charge < -0.3 is 14.6 Å². The number of aromatic amines is 1. The molecule has 1 aliphatic rings. The highest BCUT2D eigenvalue weighted by molar-refractivity contribution is 7.98. The van der Waals surface area contributed by atoms with Crippen molar-refractivity contribution in [1.29, 1.82) is 0 Å². The number of imidazole rings is 1. The lowest BCUT2D eigenvalue weighted by Crippen LogP contribution is -2.31. The average molecular weight is 436 g/mol. The lowest BCUT2D eigenvalue weighted by atomic mass is 10.1. The van der Waals surface area contributed by atoms with Gasteiger partial charge in [-0.3, -0.25) is 4.57 Å². The van der Waals surface area contributed by atoms with Crippen molar-refractivity contribution in [2.75, 3.05) is 25.1 Å². The number of anilines is 1. The molecule has 9 heteroatoms. The van der Waals surface area contributed by atoms with Crippen LogP contribution in [0.5, 0.6) is 5.75 Å². The molecule has 0 atom stereocenters. The summed E-state index contributed by atoms with van der Waals surface area (Å²) in [6.07, 6.45) is 5.40. The quantitative estimate of drug-likeness (QED) is 0.456. The van der Waals surface area contributed by atoms with Crippen LogP contribution in [0.4, 0.5) is 5.95 Å². The number of hydrogen-bond donors (Lipinski definition) is 1. The Kier molecular flexibility index (Phi) is 5.50. The molecule has 0 bridgehead atoms. The number of nitrogens with one attached hydrogen (secondary N) is 1. The molecule has 0 saturated carbocycles. The number of H-pyrrole nitrogens is 1. The molecule has 1 aliphatic heterocycles. The van der Waals surface area contributed by atoms with Crippen LogP contribution in [0.1, 0.15) is 30.7 Å². The number of rotatable bonds is 6. The summed E-state index contributed by atoms with van der Waals surface area (Å²) in [5.41, 5.74) is 3.81. The number of benzene rings is 1. The summed E-state index contributed by atoms with van der Waals surface area (Å²) in [6.45, 7) is 4.04. The monoisotopic (exact) mass is 435 g/mol. The third kappa shape index (κ3) is 3.85. The minimum absolute atomic E-state index is 0.642. The van der Waals surface area contributed by atoms with Gasteiger partial charge in [0.1, 0.15) is 11.6 Å². The van der Waals surface area contributed by atoms with Gasteiger partial charge in [-0.25, -0.2) is 9.97 Å². The van der Waals surface area contributed by atoms with Crippen molar-refractivity contribution in [2.24, 2.45) is 0 Å². The van der Waals surface area contributed by atoms with E-state index in [0.717, 1.165) is 58.2 Å². The van der Waals surface area contributed by atoms with Crippen molar-refractivity contribution in [3.05, 3.63) is 47.9 Å². The third-order valence-electron chi connectivity index (χ3n) is 5.57. The molecule has 0 unspecified atom stereocenters. The average Bonchev–Trinajstić information content (AvgIpc) is 3.43. The number of aromatic nitrogens is 6. The summed E-state index contributed by atoms with van der Waals surface area (Å²) in [5.74, 6) is 3.18. The van der Waals surface area contributed by atoms with Crippen LogP contribution in [0.15, 0.2) is 41.7 Å². The number of piperidine rings is 1. The van der Waals surface area contributed by atoms with Gasteiger partial charge in [-0.15, -0.1) is 10.2 Å². The number of pyridine rings is 1. The van der Waals surface area contributed by atoms with E-state index in [0.29, 0.717) is 5.75 Å². The van der Waals surface area contributed by atoms with Crippen LogP contribution in [0.2, 0.25) is 0 Å². The first-order chi connectivity index (χ1) is 15.2. The summed E-state index contributed by atoms with van der Waals surface area (Å²) in [5, 5.41) is 9.95. The Morgan fingerprint density at radius 1 is 1.10 bits per heavy atom. The highest BCUT2D eigenvalue weighted by Gasteiger charge is 2.23. The molecule has 0 radical (unpaired) electrons. The van der Waals surface area contributed by atoms with Crippen LogP contribution in [-0.2, 0) is 5.75 Å². The van der Waals surface area contributed by atoms with E-state index in [1.807, 2.05) is 30.3 Å². The number of thioether (sulfide) groups is 1. The van der Waals surface area contributed by atoms with Gasteiger partial charge in [0.2, 0.25) is 5.95 Å². The van der Waals surface area contributed by atoms with Gasteiger partial charge in [-0.1, -0.05) is 23.9 Å². The normalized spacial score (nSPS) is 14.3. The maximum atomic E-state index is 5.65. The third-order valence-corrected chi connectivity index (χ3v) is 6.51. The largest absolute Gasteiger partial charge is 0.495 e. The highest BCUT2D eigenvalue weighted by atomic mass is 32.2. The summed E-state index contributed by atoms with van der Waals surface area (Å²) in [7, 11) is 1.69. The molecular weight excluding hydrogens is 410 g/mol. The molecular formula is C22H25N7OS. The Balaban J connectivity index is 1.50. The molecule has 1 fully saturated rings. The lowest BCUT2D eigenvalue weighted by molar-refractivity contribution is 0.412. The van der Waals surface area contributed by atoms with Crippen LogP contribution in [-0.4, -0.2) is 49.9 Å². The molecule has 8 nitrogen and oxygen atoms in total. The fourth-order valence-electron chi connectivity index (χ4n) is 3.96. The maximum Gasteiger partial charge on any atom is 0.232 e. The van der Waals surface area contributed by atoms with Crippen molar-refractivity contribution in [1.82, 2.24) is 29.7 Å². The van der Waals surface area contributed by atoms with E-state index in [-0.39, 0.29) is 0 Å². The predicted octanol–water partition coefficient (Wildman–Crippen LogP) is 4.14. The zero-order valence-electron chi connectivity index (χ0n) is 17.7. The summed E-state index contributed by atoms with van der Waals surface area (Å²) >= 11 is 1.61. The SMILES string of the molecule is COc1ccccc1-n1c(SCc2nc3nccc(C)c3[nH]2)nnc1N1CCCCC1. The Bertz CT molecular complexity index is 1200. The van der Waals surface area contributed by atoms with Crippen LogP contribution < -0.4 is 9.64 Å². The molecule has 1 saturated heterocycles. The number of ether oxygens (including phenoxy) is 1. The summed E-state index contributed by atoms with van der Waals surface area (Å²) in [4.78, 5) is 14.7. The molecule has 5 rings (SSSR count). The lowest BCUT2D eigenvalue weighted by Gasteiger charge is -2.28. The van der Waals surface area contributed by atoms with Gasteiger partial charge in [0.25, 0.3) is 0 Å². The van der Waals surface area contributed by atoms with Crippen molar-refractivity contribution in [3.63, 3.8) is 0 Å². The Labute approximate surface area is 185 Å². The first-order valence-electron chi connectivity index (χ1n) is 10.5. The van der Waals surface area contributed by atoms with E-state index in [2.05, 4.69) is 41.5 Å². The molecule has 3 aromatic heterocycles. The molecule has 160 valence electrons. The van der Waals surface area contributed by atoms with E-state index in [1.54, 1.807) is 25.1 Å². The van der Waals surface area contributed by atoms with Crippen molar-refractivity contribution in [2.45, 2.75) is 37.1 Å². The molecule has 1 N–H and O–H groups in total. The number of fused-ring (bicyclic) bond motifs is 1. The first kappa shape index (κ1) is 19.9. The zero-order valence-corrected chi connectivity index (χ0v) is 18.5. The summed E-state index contributed by atoms with van der Waals surface area (Å²) in [6, 6.07) is 10.00. The second-order valence-corrected chi connectivity index (χ2v) is 8.58. The molecule has 1 aromatic carbocycles. The van der Waals surface area contributed by atoms with Gasteiger partial charge in [-0.2, -0.15) is 0 Å². The Morgan fingerprint density at radius 3 is 2.74 bits per heavy atom. The minimum atomic E-state index is 0.642. The fraction of sp³-hybridized carbons (Fsp3) is 0.364. The van der Waals surface area contributed by atoms with Crippen molar-refractivity contribution >= 4 is 28.9 Å². The zero-order chi connectivity index (χ0) is 21.2. The van der Waals surface area contributed by atoms with Crippen LogP contribution in [0.3, 0.4) is 0 Å². The molecule has 4 aromatic rings. The number of aryl methyl sites for hydroxylation is 1. The van der Waals surface area contributed by atoms with Gasteiger partial charge in [0.15, 0.2) is 10.8 Å². The van der Waals surface area contributed by atoms with E-state index in [4.69, 9.17) is 4.74 Å². The molecule has 31 heavy (non-hydrogen) atoms. The van der Waals surface area contributed by atoms with Gasteiger partial charge in [0, 0.05) is 19.3 Å². The number of hydrogen-bond acceptors (Lipinski definition) is 7. The first-order valence-corrected chi connectivity index (χ1v) is 11.5. The standard InChI is InChI=1S/C22H25N7OS/c1-15-10-11-23-20-19(15)24-18(25-20)14-31-22-27-26-21(28-12-6-3-7-13-28)29(22)16-8-4-5-9-17(16)30-2/h4-5,8-11H,3,6-7,12-14H2,1-2H3,(H,23,24,25). The highest BCUT2D eigenvalue weighted by Crippen LogP contribution is 2.33. The molecule has 0 amide bonds. The Morgan fingerprint density at radius 2 is 1.94 bits per heavy atom. The van der Waals surface area contributed by atoms with Crippen LogP contribution in [0.25, 0.3) is 16.9 Å². The molecule has 4 heterocycles. The minimum Gasteiger partial charge on any atom is -0.495 e. The van der Waals surface area contributed by atoms with Gasteiger partial charge in [0.05, 0.1) is 24.1 Å². The molecule has 0 spiro atoms. The topological polar surface area (TPSA) is 84.8 Å². The molecule has 0 aliphatic carbocycles. The number of nitrogens with zero attached hydrogens (tertiary/aromatic N) is 6. The second-order valence-electron chi connectivity index (χ2n) is 7.64. The van der Waals surface area contributed by atoms with E-state index < -0.39 is 0 Å². The van der Waals surface area contributed by atoms with Crippen LogP contribution in [0, 0.1) is 6.92 Å². The summed E-state index contributed by atoms with van der Waals surface area (Å²) < 4.78 is 7.76. The van der Waals surface area contributed by atoms with Crippen molar-refractivity contribution in [3.8, 4) is 11.4 Å². The van der Waals surface area contributed by atoms with E-state index in [9.17, 15) is 0 Å². The van der Waals surface area contributed by atoms with E-state index in [1.165, 1.54) is 19.3 Å². The van der Waals surface area contributed by atoms with Gasteiger partial charge in [-0.05, 0) is 49.9 Å². The van der Waals surface area contributed by atoms with E-state index >= 15 is 0 Å². The van der Waals surface area contributed by atoms with Gasteiger partial charge >= 0.3 is 0 Å². The number of para-hydroxylation sites is 2. The Hall–Kier alpha value is -3.07. The van der Waals surface area contributed by atoms with Crippen LogP contribution >= 0.6 is 11.8 Å². The maximum absolute atomic E-state index is 5.65. The van der Waals surface area contributed by atoms with Crippen molar-refractivity contribution < 1.29 is 4.74 Å². The number of methoxy groups -OCH3 is 1. The second kappa shape index (κ2) is 8.58.